The first-order valence-corrected chi connectivity index (χ1v) is 8.74. The molecule has 0 unspecified atom stereocenters. The molecule has 1 amide bonds. The maximum Gasteiger partial charge on any atom is 0.259 e. The second kappa shape index (κ2) is 7.16. The second-order valence-electron chi connectivity index (χ2n) is 6.84. The lowest BCUT2D eigenvalue weighted by Crippen LogP contribution is -2.36. The van der Waals surface area contributed by atoms with Gasteiger partial charge < -0.3 is 9.42 Å². The summed E-state index contributed by atoms with van der Waals surface area (Å²) in [4.78, 5) is 19.2. The summed E-state index contributed by atoms with van der Waals surface area (Å²) < 4.78 is 5.30. The molecule has 1 aliphatic heterocycles. The Morgan fingerprint density at radius 2 is 2.12 bits per heavy atom. The molecule has 128 valence electrons. The third kappa shape index (κ3) is 3.35. The molecule has 3 heterocycles. The van der Waals surface area contributed by atoms with Crippen molar-refractivity contribution >= 4 is 5.91 Å². The fourth-order valence-corrected chi connectivity index (χ4v) is 3.47. The topological polar surface area (TPSA) is 59.2 Å². The SMILES string of the molecule is Cc1onc(C(C)C)c1C(=O)N1CCC[C@H]1CCc1ccncc1. The smallest absolute Gasteiger partial charge is 0.259 e. The number of carbonyl (C=O) groups excluding carboxylic acids is 1. The van der Waals surface area contributed by atoms with Crippen LogP contribution in [0.5, 0.6) is 0 Å². The number of carbonyl (C=O) groups is 1. The lowest BCUT2D eigenvalue weighted by Gasteiger charge is -2.25. The van der Waals surface area contributed by atoms with Gasteiger partial charge >= 0.3 is 0 Å². The number of likely N-dealkylation sites (tertiary alicyclic amines) is 1. The second-order valence-corrected chi connectivity index (χ2v) is 6.84. The molecule has 0 spiro atoms. The average Bonchev–Trinajstić information content (AvgIpc) is 3.19. The molecule has 5 heteroatoms. The normalized spacial score (nSPS) is 17.7. The van der Waals surface area contributed by atoms with E-state index in [1.54, 1.807) is 0 Å². The Hall–Kier alpha value is -2.17. The van der Waals surface area contributed by atoms with Crippen LogP contribution in [0.2, 0.25) is 0 Å². The van der Waals surface area contributed by atoms with E-state index in [0.29, 0.717) is 17.4 Å². The fourth-order valence-electron chi connectivity index (χ4n) is 3.47. The summed E-state index contributed by atoms with van der Waals surface area (Å²) in [5.41, 5.74) is 2.71. The third-order valence-electron chi connectivity index (χ3n) is 4.80. The fraction of sp³-hybridized carbons (Fsp3) is 0.526. The molecule has 2 aromatic rings. The van der Waals surface area contributed by atoms with Crippen LogP contribution >= 0.6 is 0 Å². The van der Waals surface area contributed by atoms with Crippen LogP contribution in [-0.2, 0) is 6.42 Å². The average molecular weight is 327 g/mol. The van der Waals surface area contributed by atoms with Gasteiger partial charge in [0.15, 0.2) is 0 Å². The quantitative estimate of drug-likeness (QED) is 0.839. The Bertz CT molecular complexity index is 694. The van der Waals surface area contributed by atoms with Crippen LogP contribution in [0, 0.1) is 6.92 Å². The van der Waals surface area contributed by atoms with Crippen LogP contribution in [0.15, 0.2) is 29.0 Å². The molecular weight excluding hydrogens is 302 g/mol. The standard InChI is InChI=1S/C19H25N3O2/c1-13(2)18-17(14(3)24-21-18)19(23)22-12-4-5-16(22)7-6-15-8-10-20-11-9-15/h8-11,13,16H,4-7,12H2,1-3H3/t16-/m0/s1. The molecular formula is C19H25N3O2. The molecule has 0 aliphatic carbocycles. The van der Waals surface area contributed by atoms with Gasteiger partial charge in [-0.25, -0.2) is 0 Å². The van der Waals surface area contributed by atoms with Gasteiger partial charge in [-0.3, -0.25) is 9.78 Å². The molecule has 0 radical (unpaired) electrons. The van der Waals surface area contributed by atoms with Crippen molar-refractivity contribution in [3.63, 3.8) is 0 Å². The van der Waals surface area contributed by atoms with Crippen molar-refractivity contribution < 1.29 is 9.32 Å². The maximum absolute atomic E-state index is 13.1. The van der Waals surface area contributed by atoms with E-state index < -0.39 is 0 Å². The molecule has 3 rings (SSSR count). The minimum atomic E-state index is 0.0784. The van der Waals surface area contributed by atoms with Gasteiger partial charge in [0, 0.05) is 25.0 Å². The zero-order valence-electron chi connectivity index (χ0n) is 14.7. The largest absolute Gasteiger partial charge is 0.361 e. The summed E-state index contributed by atoms with van der Waals surface area (Å²) in [5.74, 6) is 0.887. The van der Waals surface area contributed by atoms with Crippen molar-refractivity contribution in [3.05, 3.63) is 47.1 Å². The number of hydrogen-bond acceptors (Lipinski definition) is 4. The van der Waals surface area contributed by atoms with Crippen LogP contribution in [-0.4, -0.2) is 33.5 Å². The Balaban J connectivity index is 1.73. The third-order valence-corrected chi connectivity index (χ3v) is 4.80. The first-order chi connectivity index (χ1) is 11.6. The zero-order chi connectivity index (χ0) is 17.1. The highest BCUT2D eigenvalue weighted by molar-refractivity contribution is 5.96. The zero-order valence-corrected chi connectivity index (χ0v) is 14.7. The van der Waals surface area contributed by atoms with Gasteiger partial charge in [0.1, 0.15) is 11.3 Å². The van der Waals surface area contributed by atoms with Gasteiger partial charge in [0.25, 0.3) is 5.91 Å². The molecule has 1 atom stereocenters. The number of hydrogen-bond donors (Lipinski definition) is 0. The highest BCUT2D eigenvalue weighted by Gasteiger charge is 2.33. The lowest BCUT2D eigenvalue weighted by atomic mass is 10.0. The number of aromatic nitrogens is 2. The van der Waals surface area contributed by atoms with Crippen molar-refractivity contribution in [2.45, 2.75) is 58.4 Å². The number of pyridine rings is 1. The summed E-state index contributed by atoms with van der Waals surface area (Å²) in [6.07, 6.45) is 7.73. The van der Waals surface area contributed by atoms with Crippen LogP contribution in [0.4, 0.5) is 0 Å². The molecule has 1 aliphatic rings. The Morgan fingerprint density at radius 3 is 2.83 bits per heavy atom. The predicted octanol–water partition coefficient (Wildman–Crippen LogP) is 3.74. The Kier molecular flexibility index (Phi) is 4.97. The van der Waals surface area contributed by atoms with Gasteiger partial charge in [0.05, 0.1) is 5.69 Å². The van der Waals surface area contributed by atoms with Crippen LogP contribution < -0.4 is 0 Å². The molecule has 5 nitrogen and oxygen atoms in total. The van der Waals surface area contributed by atoms with E-state index in [1.807, 2.05) is 50.2 Å². The number of aryl methyl sites for hydroxylation is 2. The summed E-state index contributed by atoms with van der Waals surface area (Å²) in [6, 6.07) is 4.38. The highest BCUT2D eigenvalue weighted by Crippen LogP contribution is 2.28. The van der Waals surface area contributed by atoms with Crippen LogP contribution in [0.1, 0.15) is 66.4 Å². The van der Waals surface area contributed by atoms with Gasteiger partial charge in [-0.15, -0.1) is 0 Å². The first kappa shape index (κ1) is 16.7. The van der Waals surface area contributed by atoms with Crippen LogP contribution in [0.25, 0.3) is 0 Å². The van der Waals surface area contributed by atoms with E-state index in [1.165, 1.54) is 5.56 Å². The van der Waals surface area contributed by atoms with Gasteiger partial charge in [-0.1, -0.05) is 19.0 Å². The summed E-state index contributed by atoms with van der Waals surface area (Å²) in [5, 5.41) is 4.10. The molecule has 24 heavy (non-hydrogen) atoms. The van der Waals surface area contributed by atoms with Crippen molar-refractivity contribution in [1.82, 2.24) is 15.0 Å². The van der Waals surface area contributed by atoms with E-state index in [4.69, 9.17) is 4.52 Å². The minimum absolute atomic E-state index is 0.0784. The minimum Gasteiger partial charge on any atom is -0.361 e. The molecule has 0 saturated carbocycles. The summed E-state index contributed by atoms with van der Waals surface area (Å²) >= 11 is 0. The van der Waals surface area contributed by atoms with Gasteiger partial charge in [0.2, 0.25) is 0 Å². The summed E-state index contributed by atoms with van der Waals surface area (Å²) in [7, 11) is 0. The number of rotatable bonds is 5. The molecule has 2 aromatic heterocycles. The van der Waals surface area contributed by atoms with Crippen molar-refractivity contribution in [3.8, 4) is 0 Å². The van der Waals surface area contributed by atoms with E-state index in [-0.39, 0.29) is 11.8 Å². The Labute approximate surface area is 143 Å². The van der Waals surface area contributed by atoms with Gasteiger partial charge in [-0.2, -0.15) is 0 Å². The van der Waals surface area contributed by atoms with E-state index in [0.717, 1.165) is 37.9 Å². The Morgan fingerprint density at radius 1 is 1.38 bits per heavy atom. The number of nitrogens with zero attached hydrogens (tertiary/aromatic N) is 3. The molecule has 1 saturated heterocycles. The monoisotopic (exact) mass is 327 g/mol. The van der Waals surface area contributed by atoms with Crippen molar-refractivity contribution in [2.75, 3.05) is 6.54 Å². The van der Waals surface area contributed by atoms with Crippen molar-refractivity contribution in [1.29, 1.82) is 0 Å². The van der Waals surface area contributed by atoms with Crippen molar-refractivity contribution in [2.24, 2.45) is 0 Å². The molecule has 1 fully saturated rings. The summed E-state index contributed by atoms with van der Waals surface area (Å²) in [6.45, 7) is 6.73. The predicted molar refractivity (Wildman–Crippen MR) is 91.9 cm³/mol. The molecule has 0 bridgehead atoms. The molecule has 0 aromatic carbocycles. The van der Waals surface area contributed by atoms with E-state index in [9.17, 15) is 4.79 Å². The van der Waals surface area contributed by atoms with Crippen LogP contribution in [0.3, 0.4) is 0 Å². The van der Waals surface area contributed by atoms with E-state index >= 15 is 0 Å². The molecule has 0 N–H and O–H groups in total. The maximum atomic E-state index is 13.1. The van der Waals surface area contributed by atoms with Gasteiger partial charge in [-0.05, 0) is 56.2 Å². The first-order valence-electron chi connectivity index (χ1n) is 8.74. The number of amides is 1. The highest BCUT2D eigenvalue weighted by atomic mass is 16.5. The van der Waals surface area contributed by atoms with E-state index in [2.05, 4.69) is 10.1 Å². The lowest BCUT2D eigenvalue weighted by molar-refractivity contribution is 0.0727.